The van der Waals surface area contributed by atoms with Crippen LogP contribution in [-0.2, 0) is 14.8 Å². The monoisotopic (exact) mass is 336 g/mol. The predicted molar refractivity (Wildman–Crippen MR) is 87.1 cm³/mol. The lowest BCUT2D eigenvalue weighted by atomic mass is 9.82. The van der Waals surface area contributed by atoms with Gasteiger partial charge in [0.2, 0.25) is 10.0 Å². The van der Waals surface area contributed by atoms with E-state index in [0.29, 0.717) is 5.69 Å². The van der Waals surface area contributed by atoms with Gasteiger partial charge in [0.05, 0.1) is 17.0 Å². The van der Waals surface area contributed by atoms with Crippen LogP contribution < -0.4 is 4.72 Å². The van der Waals surface area contributed by atoms with E-state index in [9.17, 15) is 8.42 Å². The molecule has 0 bridgehead atoms. The molecule has 1 heterocycles. The van der Waals surface area contributed by atoms with Crippen molar-refractivity contribution in [1.82, 2.24) is 14.8 Å². The summed E-state index contributed by atoms with van der Waals surface area (Å²) in [5, 5.41) is 4.12. The molecule has 0 amide bonds. The van der Waals surface area contributed by atoms with Gasteiger partial charge in [0.25, 0.3) is 0 Å². The fourth-order valence-electron chi connectivity index (χ4n) is 2.76. The lowest BCUT2D eigenvalue weighted by molar-refractivity contribution is -0.0524. The van der Waals surface area contributed by atoms with E-state index in [1.807, 2.05) is 6.92 Å². The summed E-state index contributed by atoms with van der Waals surface area (Å²) < 4.78 is 34.3. The molecule has 0 unspecified atom stereocenters. The standard InChI is InChI=1S/C15H20N4O3S/c1-12-16-11-17-19(12)14-6-4-13(5-7-14)18-23(20,21)10-15(22-2)8-3-9-15/h4-7,11,18H,3,8-10H2,1-2H3. The van der Waals surface area contributed by atoms with Gasteiger partial charge in [-0.25, -0.2) is 18.1 Å². The molecule has 7 nitrogen and oxygen atoms in total. The maximum absolute atomic E-state index is 12.3. The first kappa shape index (κ1) is 15.9. The number of hydrogen-bond acceptors (Lipinski definition) is 5. The predicted octanol–water partition coefficient (Wildman–Crippen LogP) is 1.89. The second-order valence-corrected chi connectivity index (χ2v) is 7.59. The molecule has 23 heavy (non-hydrogen) atoms. The van der Waals surface area contributed by atoms with Crippen molar-refractivity contribution in [2.24, 2.45) is 0 Å². The Morgan fingerprint density at radius 3 is 2.48 bits per heavy atom. The van der Waals surface area contributed by atoms with Crippen LogP contribution in [0.25, 0.3) is 5.69 Å². The fourth-order valence-corrected chi connectivity index (χ4v) is 4.43. The van der Waals surface area contributed by atoms with E-state index >= 15 is 0 Å². The maximum Gasteiger partial charge on any atom is 0.235 e. The maximum atomic E-state index is 12.3. The zero-order valence-electron chi connectivity index (χ0n) is 13.2. The van der Waals surface area contributed by atoms with Gasteiger partial charge in [-0.05, 0) is 50.5 Å². The minimum Gasteiger partial charge on any atom is -0.377 e. The smallest absolute Gasteiger partial charge is 0.235 e. The Morgan fingerprint density at radius 2 is 2.00 bits per heavy atom. The van der Waals surface area contributed by atoms with Crippen LogP contribution >= 0.6 is 0 Å². The van der Waals surface area contributed by atoms with Gasteiger partial charge in [-0.2, -0.15) is 5.10 Å². The minimum atomic E-state index is -3.45. The number of methoxy groups -OCH3 is 1. The highest BCUT2D eigenvalue weighted by molar-refractivity contribution is 7.92. The summed E-state index contributed by atoms with van der Waals surface area (Å²) in [6.45, 7) is 1.85. The number of aromatic nitrogens is 3. The molecule has 124 valence electrons. The van der Waals surface area contributed by atoms with Gasteiger partial charge in [-0.1, -0.05) is 0 Å². The lowest BCUT2D eigenvalue weighted by Gasteiger charge is -2.39. The molecular formula is C15H20N4O3S. The number of benzene rings is 1. The first-order chi connectivity index (χ1) is 10.9. The van der Waals surface area contributed by atoms with E-state index in [4.69, 9.17) is 4.74 Å². The summed E-state index contributed by atoms with van der Waals surface area (Å²) in [5.74, 6) is 0.755. The van der Waals surface area contributed by atoms with Crippen molar-refractivity contribution >= 4 is 15.7 Å². The first-order valence-electron chi connectivity index (χ1n) is 7.46. The van der Waals surface area contributed by atoms with E-state index in [0.717, 1.165) is 30.8 Å². The molecule has 0 spiro atoms. The molecule has 1 aromatic carbocycles. The van der Waals surface area contributed by atoms with E-state index in [1.165, 1.54) is 6.33 Å². The summed E-state index contributed by atoms with van der Waals surface area (Å²) >= 11 is 0. The van der Waals surface area contributed by atoms with Gasteiger partial charge in [0.15, 0.2) is 0 Å². The average Bonchev–Trinajstić information content (AvgIpc) is 2.90. The second kappa shape index (κ2) is 5.93. The quantitative estimate of drug-likeness (QED) is 0.870. The molecule has 1 saturated carbocycles. The number of nitrogens with zero attached hydrogens (tertiary/aromatic N) is 3. The van der Waals surface area contributed by atoms with Crippen molar-refractivity contribution in [2.75, 3.05) is 17.6 Å². The van der Waals surface area contributed by atoms with E-state index in [-0.39, 0.29) is 5.75 Å². The third-order valence-corrected chi connectivity index (χ3v) is 5.71. The molecule has 1 N–H and O–H groups in total. The van der Waals surface area contributed by atoms with Gasteiger partial charge >= 0.3 is 0 Å². The van der Waals surface area contributed by atoms with Crippen molar-refractivity contribution in [2.45, 2.75) is 31.8 Å². The van der Waals surface area contributed by atoms with Crippen LogP contribution in [0.5, 0.6) is 0 Å². The van der Waals surface area contributed by atoms with Crippen LogP contribution in [-0.4, -0.2) is 41.6 Å². The number of rotatable bonds is 6. The number of sulfonamides is 1. The zero-order chi connectivity index (χ0) is 16.5. The molecule has 2 aromatic rings. The Morgan fingerprint density at radius 1 is 1.30 bits per heavy atom. The minimum absolute atomic E-state index is 0.0135. The molecule has 1 aliphatic rings. The number of anilines is 1. The van der Waals surface area contributed by atoms with E-state index in [2.05, 4.69) is 14.8 Å². The van der Waals surface area contributed by atoms with Crippen molar-refractivity contribution in [3.63, 3.8) is 0 Å². The van der Waals surface area contributed by atoms with Crippen molar-refractivity contribution in [3.05, 3.63) is 36.4 Å². The van der Waals surface area contributed by atoms with Gasteiger partial charge in [-0.15, -0.1) is 0 Å². The van der Waals surface area contributed by atoms with Gasteiger partial charge < -0.3 is 4.74 Å². The van der Waals surface area contributed by atoms with E-state index < -0.39 is 15.6 Å². The summed E-state index contributed by atoms with van der Waals surface area (Å²) in [7, 11) is -1.88. The summed E-state index contributed by atoms with van der Waals surface area (Å²) in [6.07, 6.45) is 4.06. The molecular weight excluding hydrogens is 316 g/mol. The third kappa shape index (κ3) is 3.37. The largest absolute Gasteiger partial charge is 0.377 e. The molecule has 1 aromatic heterocycles. The van der Waals surface area contributed by atoms with Crippen LogP contribution in [0.3, 0.4) is 0 Å². The topological polar surface area (TPSA) is 86.1 Å². The number of nitrogens with one attached hydrogen (secondary N) is 1. The summed E-state index contributed by atoms with van der Waals surface area (Å²) in [6, 6.07) is 7.03. The highest BCUT2D eigenvalue weighted by atomic mass is 32.2. The van der Waals surface area contributed by atoms with Gasteiger partial charge in [-0.3, -0.25) is 4.72 Å². The Bertz CT molecular complexity index is 774. The molecule has 1 aliphatic carbocycles. The van der Waals surface area contributed by atoms with Crippen molar-refractivity contribution in [1.29, 1.82) is 0 Å². The Hall–Kier alpha value is -1.93. The Balaban J connectivity index is 1.72. The van der Waals surface area contributed by atoms with Gasteiger partial charge in [0.1, 0.15) is 12.2 Å². The Labute approximate surface area is 135 Å². The normalized spacial score (nSPS) is 16.8. The van der Waals surface area contributed by atoms with Crippen LogP contribution in [0.15, 0.2) is 30.6 Å². The highest BCUT2D eigenvalue weighted by Crippen LogP contribution is 2.36. The molecule has 1 fully saturated rings. The summed E-state index contributed by atoms with van der Waals surface area (Å²) in [4.78, 5) is 4.07. The van der Waals surface area contributed by atoms with Crippen molar-refractivity contribution in [3.8, 4) is 5.69 Å². The van der Waals surface area contributed by atoms with Crippen LogP contribution in [0.1, 0.15) is 25.1 Å². The average molecular weight is 336 g/mol. The third-order valence-electron chi connectivity index (χ3n) is 4.25. The SMILES string of the molecule is COC1(CS(=O)(=O)Nc2ccc(-n3ncnc3C)cc2)CCC1. The lowest BCUT2D eigenvalue weighted by Crippen LogP contribution is -2.46. The molecule has 8 heteroatoms. The molecule has 0 saturated heterocycles. The fraction of sp³-hybridized carbons (Fsp3) is 0.467. The number of ether oxygens (including phenoxy) is 1. The number of hydrogen-bond donors (Lipinski definition) is 1. The molecule has 0 aliphatic heterocycles. The van der Waals surface area contributed by atoms with Crippen molar-refractivity contribution < 1.29 is 13.2 Å². The van der Waals surface area contributed by atoms with Crippen LogP contribution in [0.2, 0.25) is 0 Å². The first-order valence-corrected chi connectivity index (χ1v) is 9.11. The molecule has 0 atom stereocenters. The Kier molecular flexibility index (Phi) is 4.11. The number of aryl methyl sites for hydroxylation is 1. The molecule has 0 radical (unpaired) electrons. The van der Waals surface area contributed by atoms with Crippen LogP contribution in [0, 0.1) is 6.92 Å². The second-order valence-electron chi connectivity index (χ2n) is 5.87. The van der Waals surface area contributed by atoms with Gasteiger partial charge in [0, 0.05) is 12.8 Å². The van der Waals surface area contributed by atoms with E-state index in [1.54, 1.807) is 36.1 Å². The highest BCUT2D eigenvalue weighted by Gasteiger charge is 2.41. The molecule has 3 rings (SSSR count). The summed E-state index contributed by atoms with van der Waals surface area (Å²) in [5.41, 5.74) is 0.830. The zero-order valence-corrected chi connectivity index (χ0v) is 14.0. The van der Waals surface area contributed by atoms with Crippen LogP contribution in [0.4, 0.5) is 5.69 Å².